The lowest BCUT2D eigenvalue weighted by Gasteiger charge is -2.17. The molecule has 2 aromatic rings. The summed E-state index contributed by atoms with van der Waals surface area (Å²) in [5, 5.41) is 3.33. The van der Waals surface area contributed by atoms with Gasteiger partial charge in [-0.05, 0) is 52.7 Å². The van der Waals surface area contributed by atoms with Gasteiger partial charge in [0, 0.05) is 16.6 Å². The first kappa shape index (κ1) is 13.9. The summed E-state index contributed by atoms with van der Waals surface area (Å²) in [5.74, 6) is 0.549. The largest absolute Gasteiger partial charge is 0.497 e. The predicted molar refractivity (Wildman–Crippen MR) is 79.1 cm³/mol. The molecule has 1 N–H and O–H groups in total. The van der Waals surface area contributed by atoms with E-state index in [0.717, 1.165) is 21.5 Å². The molecule has 0 fully saturated rings. The van der Waals surface area contributed by atoms with Crippen molar-refractivity contribution in [2.45, 2.75) is 13.0 Å². The third-order valence-corrected chi connectivity index (χ3v) is 3.59. The number of hydrogen-bond acceptors (Lipinski definition) is 2. The fourth-order valence-corrected chi connectivity index (χ4v) is 2.20. The molecule has 1 atom stereocenters. The van der Waals surface area contributed by atoms with Gasteiger partial charge in [0.25, 0.3) is 0 Å². The van der Waals surface area contributed by atoms with Crippen molar-refractivity contribution in [3.63, 3.8) is 0 Å². The SMILES string of the molecule is COc1ccc(Br)c(NC(C)c2cccc(F)c2)c1. The number of anilines is 1. The number of nitrogens with one attached hydrogen (secondary N) is 1. The molecule has 100 valence electrons. The van der Waals surface area contributed by atoms with Crippen molar-refractivity contribution in [2.24, 2.45) is 0 Å². The first-order chi connectivity index (χ1) is 9.10. The summed E-state index contributed by atoms with van der Waals surface area (Å²) < 4.78 is 19.3. The first-order valence-corrected chi connectivity index (χ1v) is 6.75. The summed E-state index contributed by atoms with van der Waals surface area (Å²) >= 11 is 3.48. The predicted octanol–water partition coefficient (Wildman–Crippen LogP) is 4.77. The Morgan fingerprint density at radius 2 is 2.00 bits per heavy atom. The fourth-order valence-electron chi connectivity index (χ4n) is 1.83. The average molecular weight is 324 g/mol. The Bertz CT molecular complexity index is 574. The van der Waals surface area contributed by atoms with E-state index in [9.17, 15) is 4.39 Å². The molecule has 2 aromatic carbocycles. The van der Waals surface area contributed by atoms with Crippen molar-refractivity contribution < 1.29 is 9.13 Å². The summed E-state index contributed by atoms with van der Waals surface area (Å²) in [5.41, 5.74) is 1.81. The monoisotopic (exact) mass is 323 g/mol. The fraction of sp³-hybridized carbons (Fsp3) is 0.200. The van der Waals surface area contributed by atoms with Crippen molar-refractivity contribution in [3.8, 4) is 5.75 Å². The van der Waals surface area contributed by atoms with Gasteiger partial charge in [-0.2, -0.15) is 0 Å². The maximum atomic E-state index is 13.2. The van der Waals surface area contributed by atoms with Gasteiger partial charge in [-0.25, -0.2) is 4.39 Å². The Labute approximate surface area is 120 Å². The summed E-state index contributed by atoms with van der Waals surface area (Å²) in [4.78, 5) is 0. The smallest absolute Gasteiger partial charge is 0.123 e. The Morgan fingerprint density at radius 3 is 2.68 bits per heavy atom. The van der Waals surface area contributed by atoms with E-state index in [4.69, 9.17) is 4.74 Å². The van der Waals surface area contributed by atoms with Crippen LogP contribution in [0.3, 0.4) is 0 Å². The molecule has 0 amide bonds. The van der Waals surface area contributed by atoms with Gasteiger partial charge in [-0.15, -0.1) is 0 Å². The Kier molecular flexibility index (Phi) is 4.43. The van der Waals surface area contributed by atoms with Crippen molar-refractivity contribution >= 4 is 21.6 Å². The summed E-state index contributed by atoms with van der Waals surface area (Å²) in [7, 11) is 1.63. The second-order valence-corrected chi connectivity index (χ2v) is 5.12. The third-order valence-electron chi connectivity index (χ3n) is 2.89. The van der Waals surface area contributed by atoms with E-state index in [1.54, 1.807) is 13.2 Å². The quantitative estimate of drug-likeness (QED) is 0.875. The lowest BCUT2D eigenvalue weighted by atomic mass is 10.1. The zero-order valence-electron chi connectivity index (χ0n) is 10.8. The summed E-state index contributed by atoms with van der Waals surface area (Å²) in [6, 6.07) is 12.3. The van der Waals surface area contributed by atoms with E-state index in [-0.39, 0.29) is 11.9 Å². The van der Waals surface area contributed by atoms with E-state index in [1.165, 1.54) is 12.1 Å². The van der Waals surface area contributed by atoms with Crippen molar-refractivity contribution in [1.82, 2.24) is 0 Å². The summed E-state index contributed by atoms with van der Waals surface area (Å²) in [6.45, 7) is 1.99. The first-order valence-electron chi connectivity index (χ1n) is 5.95. The van der Waals surface area contributed by atoms with Crippen LogP contribution in [0.2, 0.25) is 0 Å². The zero-order chi connectivity index (χ0) is 13.8. The van der Waals surface area contributed by atoms with Crippen LogP contribution in [0.25, 0.3) is 0 Å². The van der Waals surface area contributed by atoms with Crippen LogP contribution < -0.4 is 10.1 Å². The zero-order valence-corrected chi connectivity index (χ0v) is 12.4. The molecule has 0 aromatic heterocycles. The van der Waals surface area contributed by atoms with Crippen molar-refractivity contribution in [2.75, 3.05) is 12.4 Å². The number of benzene rings is 2. The second kappa shape index (κ2) is 6.06. The van der Waals surface area contributed by atoms with Crippen LogP contribution in [0.5, 0.6) is 5.75 Å². The molecule has 0 aliphatic heterocycles. The number of methoxy groups -OCH3 is 1. The minimum atomic E-state index is -0.226. The van der Waals surface area contributed by atoms with Gasteiger partial charge >= 0.3 is 0 Å². The van der Waals surface area contributed by atoms with Gasteiger partial charge in [0.1, 0.15) is 11.6 Å². The Morgan fingerprint density at radius 1 is 1.21 bits per heavy atom. The lowest BCUT2D eigenvalue weighted by molar-refractivity contribution is 0.415. The highest BCUT2D eigenvalue weighted by atomic mass is 79.9. The molecule has 2 rings (SSSR count). The maximum Gasteiger partial charge on any atom is 0.123 e. The van der Waals surface area contributed by atoms with Gasteiger partial charge in [-0.3, -0.25) is 0 Å². The van der Waals surface area contributed by atoms with E-state index in [1.807, 2.05) is 31.2 Å². The molecule has 0 saturated heterocycles. The van der Waals surface area contributed by atoms with E-state index in [2.05, 4.69) is 21.2 Å². The molecule has 19 heavy (non-hydrogen) atoms. The minimum absolute atomic E-state index is 0.000828. The van der Waals surface area contributed by atoms with E-state index < -0.39 is 0 Å². The highest BCUT2D eigenvalue weighted by Gasteiger charge is 2.09. The lowest BCUT2D eigenvalue weighted by Crippen LogP contribution is -2.07. The van der Waals surface area contributed by atoms with Gasteiger partial charge < -0.3 is 10.1 Å². The number of hydrogen-bond donors (Lipinski definition) is 1. The van der Waals surface area contributed by atoms with Gasteiger partial charge in [0.15, 0.2) is 0 Å². The van der Waals surface area contributed by atoms with Crippen LogP contribution in [0.4, 0.5) is 10.1 Å². The van der Waals surface area contributed by atoms with Crippen LogP contribution in [0, 0.1) is 5.82 Å². The molecule has 0 radical (unpaired) electrons. The standard InChI is InChI=1S/C15H15BrFNO/c1-10(11-4-3-5-12(17)8-11)18-15-9-13(19-2)6-7-14(15)16/h3-10,18H,1-2H3. The van der Waals surface area contributed by atoms with Crippen LogP contribution in [-0.4, -0.2) is 7.11 Å². The minimum Gasteiger partial charge on any atom is -0.497 e. The average Bonchev–Trinajstić information content (AvgIpc) is 2.41. The molecule has 1 unspecified atom stereocenters. The topological polar surface area (TPSA) is 21.3 Å². The van der Waals surface area contributed by atoms with E-state index in [0.29, 0.717) is 0 Å². The number of rotatable bonds is 4. The molecule has 0 saturated carbocycles. The Hall–Kier alpha value is -1.55. The molecular formula is C15H15BrFNO. The molecule has 2 nitrogen and oxygen atoms in total. The number of halogens is 2. The summed E-state index contributed by atoms with van der Waals surface area (Å²) in [6.07, 6.45) is 0. The molecule has 0 aliphatic carbocycles. The molecule has 0 spiro atoms. The Balaban J connectivity index is 2.21. The highest BCUT2D eigenvalue weighted by Crippen LogP contribution is 2.30. The molecule has 4 heteroatoms. The van der Waals surface area contributed by atoms with Gasteiger partial charge in [0.05, 0.1) is 12.8 Å². The van der Waals surface area contributed by atoms with Crippen LogP contribution in [0.1, 0.15) is 18.5 Å². The molecule has 0 bridgehead atoms. The van der Waals surface area contributed by atoms with Crippen LogP contribution >= 0.6 is 15.9 Å². The molecule has 0 aliphatic rings. The number of ether oxygens (including phenoxy) is 1. The highest BCUT2D eigenvalue weighted by molar-refractivity contribution is 9.10. The van der Waals surface area contributed by atoms with Gasteiger partial charge in [0.2, 0.25) is 0 Å². The second-order valence-electron chi connectivity index (χ2n) is 4.27. The molecular weight excluding hydrogens is 309 g/mol. The maximum absolute atomic E-state index is 13.2. The van der Waals surface area contributed by atoms with Gasteiger partial charge in [-0.1, -0.05) is 12.1 Å². The van der Waals surface area contributed by atoms with Crippen molar-refractivity contribution in [1.29, 1.82) is 0 Å². The molecule has 0 heterocycles. The van der Waals surface area contributed by atoms with Crippen LogP contribution in [-0.2, 0) is 0 Å². The van der Waals surface area contributed by atoms with Crippen molar-refractivity contribution in [3.05, 3.63) is 58.3 Å². The third kappa shape index (κ3) is 3.47. The van der Waals surface area contributed by atoms with E-state index >= 15 is 0 Å². The van der Waals surface area contributed by atoms with Crippen LogP contribution in [0.15, 0.2) is 46.9 Å². The normalized spacial score (nSPS) is 12.0.